The minimum absolute atomic E-state index is 0.115. The fourth-order valence-corrected chi connectivity index (χ4v) is 2.24. The summed E-state index contributed by atoms with van der Waals surface area (Å²) in [5, 5.41) is 4.59. The van der Waals surface area contributed by atoms with Gasteiger partial charge in [0.05, 0.1) is 18.3 Å². The molecule has 0 spiro atoms. The van der Waals surface area contributed by atoms with Gasteiger partial charge in [0.2, 0.25) is 0 Å². The fourth-order valence-electron chi connectivity index (χ4n) is 2.24. The lowest BCUT2D eigenvalue weighted by Crippen LogP contribution is -2.06. The number of hydrogen-bond acceptors (Lipinski definition) is 3. The van der Waals surface area contributed by atoms with E-state index in [1.807, 2.05) is 10.7 Å². The van der Waals surface area contributed by atoms with Gasteiger partial charge in [-0.3, -0.25) is 9.48 Å². The van der Waals surface area contributed by atoms with Crippen LogP contribution in [0.3, 0.4) is 0 Å². The Labute approximate surface area is 94.6 Å². The van der Waals surface area contributed by atoms with Crippen molar-refractivity contribution in [3.63, 3.8) is 0 Å². The van der Waals surface area contributed by atoms with Crippen molar-refractivity contribution in [1.29, 1.82) is 0 Å². The van der Waals surface area contributed by atoms with Crippen LogP contribution in [0.2, 0.25) is 0 Å². The molecule has 1 saturated heterocycles. The van der Waals surface area contributed by atoms with Crippen LogP contribution in [0, 0.1) is 0 Å². The highest BCUT2D eigenvalue weighted by atomic mass is 16.5. The van der Waals surface area contributed by atoms with Crippen molar-refractivity contribution in [1.82, 2.24) is 9.78 Å². The number of Topliss-reactive ketones (excluding diaryl/α,β-unsaturated/α-hetero) is 1. The van der Waals surface area contributed by atoms with Crippen LogP contribution in [0.5, 0.6) is 0 Å². The monoisotopic (exact) mass is 220 g/mol. The van der Waals surface area contributed by atoms with E-state index in [0.29, 0.717) is 12.0 Å². The smallest absolute Gasteiger partial charge is 0.177 e. The molecule has 1 aliphatic heterocycles. The first-order valence-corrected chi connectivity index (χ1v) is 5.94. The molecule has 1 atom stereocenters. The summed E-state index contributed by atoms with van der Waals surface area (Å²) in [6.45, 7) is 3.18. The Kier molecular flexibility index (Phi) is 2.32. The van der Waals surface area contributed by atoms with Gasteiger partial charge in [0.1, 0.15) is 5.69 Å². The van der Waals surface area contributed by atoms with Crippen LogP contribution in [0.25, 0.3) is 0 Å². The second-order valence-electron chi connectivity index (χ2n) is 4.75. The van der Waals surface area contributed by atoms with Crippen LogP contribution in [-0.4, -0.2) is 28.8 Å². The van der Waals surface area contributed by atoms with E-state index in [0.717, 1.165) is 43.9 Å². The first kappa shape index (κ1) is 10.0. The van der Waals surface area contributed by atoms with Gasteiger partial charge in [0.25, 0.3) is 0 Å². The van der Waals surface area contributed by atoms with E-state index < -0.39 is 0 Å². The Hall–Kier alpha value is -1.16. The van der Waals surface area contributed by atoms with Crippen molar-refractivity contribution in [3.05, 3.63) is 17.5 Å². The number of carbonyl (C=O) groups is 1. The van der Waals surface area contributed by atoms with Gasteiger partial charge in [0, 0.05) is 19.4 Å². The largest absolute Gasteiger partial charge is 0.381 e. The summed E-state index contributed by atoms with van der Waals surface area (Å²) in [4.78, 5) is 11.5. The van der Waals surface area contributed by atoms with Crippen LogP contribution in [0.4, 0.5) is 0 Å². The Morgan fingerprint density at radius 1 is 1.50 bits per heavy atom. The molecule has 0 radical (unpaired) electrons. The Balaban J connectivity index is 1.94. The lowest BCUT2D eigenvalue weighted by atomic mass is 10.0. The van der Waals surface area contributed by atoms with Gasteiger partial charge in [-0.1, -0.05) is 0 Å². The average Bonchev–Trinajstić information content (AvgIpc) is 2.83. The maximum atomic E-state index is 11.5. The lowest BCUT2D eigenvalue weighted by Gasteiger charge is -2.02. The maximum absolute atomic E-state index is 11.5. The summed E-state index contributed by atoms with van der Waals surface area (Å²) in [7, 11) is 0. The van der Waals surface area contributed by atoms with Crippen LogP contribution < -0.4 is 0 Å². The normalized spacial score (nSPS) is 24.9. The standard InChI is InChI=1S/C12H16N2O2/c1-8(15)12-6-11(9-4-5-16-7-9)13-14(12)10-2-3-10/h6,9-10H,2-5,7H2,1H3. The molecule has 1 aliphatic carbocycles. The Morgan fingerprint density at radius 3 is 2.88 bits per heavy atom. The predicted octanol–water partition coefficient (Wildman–Crippen LogP) is 1.92. The number of ketones is 1. The SMILES string of the molecule is CC(=O)c1cc(C2CCOC2)nn1C1CC1. The second-order valence-corrected chi connectivity index (χ2v) is 4.75. The van der Waals surface area contributed by atoms with E-state index in [2.05, 4.69) is 5.10 Å². The Bertz CT molecular complexity index is 415. The maximum Gasteiger partial charge on any atom is 0.177 e. The molecular weight excluding hydrogens is 204 g/mol. The molecule has 0 aromatic carbocycles. The summed E-state index contributed by atoms with van der Waals surface area (Å²) < 4.78 is 7.29. The predicted molar refractivity (Wildman–Crippen MR) is 58.7 cm³/mol. The van der Waals surface area contributed by atoms with E-state index in [1.165, 1.54) is 0 Å². The van der Waals surface area contributed by atoms with Gasteiger partial charge in [-0.15, -0.1) is 0 Å². The highest BCUT2D eigenvalue weighted by Gasteiger charge is 2.30. The van der Waals surface area contributed by atoms with E-state index in [9.17, 15) is 4.79 Å². The lowest BCUT2D eigenvalue weighted by molar-refractivity contribution is 0.100. The van der Waals surface area contributed by atoms with Gasteiger partial charge in [-0.2, -0.15) is 5.10 Å². The zero-order valence-corrected chi connectivity index (χ0v) is 9.48. The average molecular weight is 220 g/mol. The second kappa shape index (κ2) is 3.70. The highest BCUT2D eigenvalue weighted by molar-refractivity contribution is 5.92. The third-order valence-electron chi connectivity index (χ3n) is 3.36. The van der Waals surface area contributed by atoms with E-state index in [-0.39, 0.29) is 5.78 Å². The third-order valence-corrected chi connectivity index (χ3v) is 3.36. The Morgan fingerprint density at radius 2 is 2.31 bits per heavy atom. The first-order valence-electron chi connectivity index (χ1n) is 5.94. The van der Waals surface area contributed by atoms with Gasteiger partial charge in [-0.25, -0.2) is 0 Å². The summed E-state index contributed by atoms with van der Waals surface area (Å²) in [6, 6.07) is 2.43. The molecule has 0 N–H and O–H groups in total. The molecule has 4 heteroatoms. The van der Waals surface area contributed by atoms with E-state index >= 15 is 0 Å². The van der Waals surface area contributed by atoms with Crippen molar-refractivity contribution in [2.24, 2.45) is 0 Å². The van der Waals surface area contributed by atoms with Crippen molar-refractivity contribution in [3.8, 4) is 0 Å². The molecule has 2 heterocycles. The molecule has 0 amide bonds. The highest BCUT2D eigenvalue weighted by Crippen LogP contribution is 2.37. The number of rotatable bonds is 3. The molecular formula is C12H16N2O2. The zero-order chi connectivity index (χ0) is 11.1. The number of hydrogen-bond donors (Lipinski definition) is 0. The fraction of sp³-hybridized carbons (Fsp3) is 0.667. The third kappa shape index (κ3) is 1.67. The molecule has 4 nitrogen and oxygen atoms in total. The molecule has 0 bridgehead atoms. The van der Waals surface area contributed by atoms with Crippen molar-refractivity contribution >= 4 is 5.78 Å². The molecule has 1 saturated carbocycles. The zero-order valence-electron chi connectivity index (χ0n) is 9.48. The van der Waals surface area contributed by atoms with Crippen molar-refractivity contribution in [2.45, 2.75) is 38.1 Å². The topological polar surface area (TPSA) is 44.1 Å². The molecule has 1 aromatic heterocycles. The molecule has 16 heavy (non-hydrogen) atoms. The first-order chi connectivity index (χ1) is 7.75. The summed E-state index contributed by atoms with van der Waals surface area (Å²) in [5.41, 5.74) is 1.80. The summed E-state index contributed by atoms with van der Waals surface area (Å²) >= 11 is 0. The van der Waals surface area contributed by atoms with Gasteiger partial charge >= 0.3 is 0 Å². The minimum Gasteiger partial charge on any atom is -0.381 e. The van der Waals surface area contributed by atoms with Crippen LogP contribution >= 0.6 is 0 Å². The molecule has 1 aromatic rings. The molecule has 2 aliphatic rings. The number of ether oxygens (including phenoxy) is 1. The number of nitrogens with zero attached hydrogens (tertiary/aromatic N) is 2. The van der Waals surface area contributed by atoms with Crippen molar-refractivity contribution < 1.29 is 9.53 Å². The summed E-state index contributed by atoms with van der Waals surface area (Å²) in [6.07, 6.45) is 3.34. The molecule has 2 fully saturated rings. The molecule has 86 valence electrons. The van der Waals surface area contributed by atoms with Crippen LogP contribution in [-0.2, 0) is 4.74 Å². The van der Waals surface area contributed by atoms with Gasteiger partial charge < -0.3 is 4.74 Å². The van der Waals surface area contributed by atoms with Crippen LogP contribution in [0.1, 0.15) is 54.3 Å². The van der Waals surface area contributed by atoms with E-state index in [4.69, 9.17) is 4.74 Å². The number of carbonyl (C=O) groups excluding carboxylic acids is 1. The summed E-state index contributed by atoms with van der Waals surface area (Å²) in [5.74, 6) is 0.502. The van der Waals surface area contributed by atoms with Gasteiger partial charge in [-0.05, 0) is 25.3 Å². The van der Waals surface area contributed by atoms with E-state index in [1.54, 1.807) is 6.92 Å². The van der Waals surface area contributed by atoms with Gasteiger partial charge in [0.15, 0.2) is 5.78 Å². The minimum atomic E-state index is 0.115. The number of aromatic nitrogens is 2. The molecule has 3 rings (SSSR count). The van der Waals surface area contributed by atoms with Crippen LogP contribution in [0.15, 0.2) is 6.07 Å². The van der Waals surface area contributed by atoms with Crippen molar-refractivity contribution in [2.75, 3.05) is 13.2 Å². The quantitative estimate of drug-likeness (QED) is 0.731. The molecule has 1 unspecified atom stereocenters.